The molecule has 0 saturated heterocycles. The fourth-order valence-electron chi connectivity index (χ4n) is 2.03. The van der Waals surface area contributed by atoms with Crippen LogP contribution in [0.1, 0.15) is 24.4 Å². The minimum Gasteiger partial charge on any atom is -0.217 e. The van der Waals surface area contributed by atoms with Crippen LogP contribution in [0.3, 0.4) is 0 Å². The number of hydrogen-bond acceptors (Lipinski definition) is 4. The van der Waals surface area contributed by atoms with E-state index < -0.39 is 0 Å². The molecule has 0 saturated carbocycles. The number of imidazole rings is 1. The van der Waals surface area contributed by atoms with Crippen LogP contribution in [0.15, 0.2) is 30.5 Å². The Bertz CT molecular complexity index is 743. The molecule has 0 spiro atoms. The van der Waals surface area contributed by atoms with E-state index in [1.165, 1.54) is 0 Å². The van der Waals surface area contributed by atoms with Crippen molar-refractivity contribution in [3.8, 4) is 17.3 Å². The van der Waals surface area contributed by atoms with Crippen molar-refractivity contribution in [1.82, 2.24) is 14.6 Å². The summed E-state index contributed by atoms with van der Waals surface area (Å²) in [5, 5.41) is 14.5. The largest absolute Gasteiger partial charge is 0.217 e. The second-order valence-corrected chi connectivity index (χ2v) is 6.18. The first-order valence-electron chi connectivity index (χ1n) is 6.51. The maximum atomic E-state index is 8.80. The molecule has 0 fully saturated rings. The van der Waals surface area contributed by atoms with Gasteiger partial charge in [0.1, 0.15) is 5.01 Å². The van der Waals surface area contributed by atoms with Gasteiger partial charge in [-0.2, -0.15) is 10.4 Å². The number of nitriles is 1. The lowest BCUT2D eigenvalue weighted by molar-refractivity contribution is 0.637. The molecule has 3 aromatic rings. The molecular weight excluding hydrogens is 268 g/mol. The summed E-state index contributed by atoms with van der Waals surface area (Å²) in [6.07, 6.45) is 2.93. The number of aromatic nitrogens is 3. The lowest BCUT2D eigenvalue weighted by Crippen LogP contribution is -1.94. The van der Waals surface area contributed by atoms with Crippen LogP contribution >= 0.6 is 11.3 Å². The zero-order valence-corrected chi connectivity index (χ0v) is 12.2. The van der Waals surface area contributed by atoms with Gasteiger partial charge in [-0.3, -0.25) is 0 Å². The van der Waals surface area contributed by atoms with Crippen molar-refractivity contribution in [3.63, 3.8) is 0 Å². The SMILES string of the molecule is CC(C)Cc1nn2cc(-c3ccc(C#N)cc3)nc2s1. The number of rotatable bonds is 3. The standard InChI is InChI=1S/C15H14N4S/c1-10(2)7-14-18-19-9-13(17-15(19)20-14)12-5-3-11(8-16)4-6-12/h3-6,9-10H,7H2,1-2H3. The van der Waals surface area contributed by atoms with Crippen LogP contribution in [-0.2, 0) is 6.42 Å². The Labute approximate surface area is 121 Å². The molecule has 0 unspecified atom stereocenters. The lowest BCUT2D eigenvalue weighted by Gasteiger charge is -1.98. The van der Waals surface area contributed by atoms with E-state index in [2.05, 4.69) is 30.0 Å². The minimum absolute atomic E-state index is 0.601. The molecule has 2 heterocycles. The Kier molecular flexibility index (Phi) is 3.25. The minimum atomic E-state index is 0.601. The van der Waals surface area contributed by atoms with Gasteiger partial charge in [0.05, 0.1) is 23.5 Å². The van der Waals surface area contributed by atoms with Gasteiger partial charge in [-0.1, -0.05) is 37.3 Å². The van der Waals surface area contributed by atoms with Gasteiger partial charge in [0, 0.05) is 12.0 Å². The highest BCUT2D eigenvalue weighted by molar-refractivity contribution is 7.16. The van der Waals surface area contributed by atoms with Gasteiger partial charge < -0.3 is 0 Å². The molecule has 0 aliphatic rings. The number of benzene rings is 1. The highest BCUT2D eigenvalue weighted by atomic mass is 32.1. The molecule has 0 atom stereocenters. The third kappa shape index (κ3) is 2.43. The summed E-state index contributed by atoms with van der Waals surface area (Å²) >= 11 is 1.64. The maximum Gasteiger partial charge on any atom is 0.212 e. The van der Waals surface area contributed by atoms with Crippen molar-refractivity contribution in [1.29, 1.82) is 5.26 Å². The van der Waals surface area contributed by atoms with Gasteiger partial charge in [0.2, 0.25) is 4.96 Å². The van der Waals surface area contributed by atoms with Crippen molar-refractivity contribution in [2.75, 3.05) is 0 Å². The van der Waals surface area contributed by atoms with E-state index in [-0.39, 0.29) is 0 Å². The quantitative estimate of drug-likeness (QED) is 0.738. The van der Waals surface area contributed by atoms with E-state index in [4.69, 9.17) is 5.26 Å². The number of hydrogen-bond donors (Lipinski definition) is 0. The van der Waals surface area contributed by atoms with Gasteiger partial charge in [-0.25, -0.2) is 9.50 Å². The molecule has 0 aliphatic carbocycles. The maximum absolute atomic E-state index is 8.80. The fourth-order valence-corrected chi connectivity index (χ4v) is 3.11. The van der Waals surface area contributed by atoms with Crippen LogP contribution < -0.4 is 0 Å². The summed E-state index contributed by atoms with van der Waals surface area (Å²) in [4.78, 5) is 5.52. The van der Waals surface area contributed by atoms with E-state index in [0.29, 0.717) is 11.5 Å². The summed E-state index contributed by atoms with van der Waals surface area (Å²) in [5.74, 6) is 0.601. The predicted octanol–water partition coefficient (Wildman–Crippen LogP) is 3.53. The Hall–Kier alpha value is -2.19. The first-order valence-corrected chi connectivity index (χ1v) is 7.33. The number of fused-ring (bicyclic) bond motifs is 1. The van der Waals surface area contributed by atoms with E-state index in [0.717, 1.165) is 27.6 Å². The average Bonchev–Trinajstić information content (AvgIpc) is 2.96. The summed E-state index contributed by atoms with van der Waals surface area (Å²) in [6, 6.07) is 9.56. The highest BCUT2D eigenvalue weighted by Gasteiger charge is 2.10. The van der Waals surface area contributed by atoms with Gasteiger partial charge in [-0.05, 0) is 18.1 Å². The molecule has 4 nitrogen and oxygen atoms in total. The van der Waals surface area contributed by atoms with Crippen molar-refractivity contribution in [2.24, 2.45) is 5.92 Å². The summed E-state index contributed by atoms with van der Waals surface area (Å²) in [7, 11) is 0. The lowest BCUT2D eigenvalue weighted by atomic mass is 10.1. The molecule has 0 aliphatic heterocycles. The van der Waals surface area contributed by atoms with Crippen LogP contribution in [0, 0.1) is 17.2 Å². The smallest absolute Gasteiger partial charge is 0.212 e. The van der Waals surface area contributed by atoms with Crippen LogP contribution in [0.5, 0.6) is 0 Å². The van der Waals surface area contributed by atoms with E-state index >= 15 is 0 Å². The van der Waals surface area contributed by atoms with Gasteiger partial charge in [0.15, 0.2) is 0 Å². The Morgan fingerprint density at radius 2 is 2.05 bits per heavy atom. The molecule has 5 heteroatoms. The molecule has 3 rings (SSSR count). The van der Waals surface area contributed by atoms with E-state index in [1.54, 1.807) is 23.5 Å². The normalized spacial score (nSPS) is 11.1. The summed E-state index contributed by atoms with van der Waals surface area (Å²) in [6.45, 7) is 4.37. The Morgan fingerprint density at radius 1 is 1.30 bits per heavy atom. The van der Waals surface area contributed by atoms with Gasteiger partial charge in [-0.15, -0.1) is 0 Å². The van der Waals surface area contributed by atoms with Crippen molar-refractivity contribution in [3.05, 3.63) is 41.0 Å². The first kappa shape index (κ1) is 12.8. The number of nitrogens with zero attached hydrogens (tertiary/aromatic N) is 4. The Balaban J connectivity index is 1.92. The van der Waals surface area contributed by atoms with E-state index in [9.17, 15) is 0 Å². The zero-order valence-electron chi connectivity index (χ0n) is 11.4. The second-order valence-electron chi connectivity index (χ2n) is 5.14. The fraction of sp³-hybridized carbons (Fsp3) is 0.267. The molecule has 0 bridgehead atoms. The van der Waals surface area contributed by atoms with Crippen LogP contribution in [0.25, 0.3) is 16.2 Å². The highest BCUT2D eigenvalue weighted by Crippen LogP contribution is 2.23. The zero-order chi connectivity index (χ0) is 14.1. The third-order valence-corrected chi connectivity index (χ3v) is 3.92. The van der Waals surface area contributed by atoms with Crippen LogP contribution in [-0.4, -0.2) is 14.6 Å². The van der Waals surface area contributed by atoms with Crippen LogP contribution in [0.4, 0.5) is 0 Å². The van der Waals surface area contributed by atoms with Gasteiger partial charge in [0.25, 0.3) is 0 Å². The van der Waals surface area contributed by atoms with Crippen molar-refractivity contribution in [2.45, 2.75) is 20.3 Å². The molecule has 100 valence electrons. The first-order chi connectivity index (χ1) is 9.65. The van der Waals surface area contributed by atoms with Crippen LogP contribution in [0.2, 0.25) is 0 Å². The molecule has 0 radical (unpaired) electrons. The third-order valence-electron chi connectivity index (χ3n) is 2.98. The molecule has 0 amide bonds. The summed E-state index contributed by atoms with van der Waals surface area (Å²) in [5.41, 5.74) is 2.56. The van der Waals surface area contributed by atoms with Crippen molar-refractivity contribution >= 4 is 16.3 Å². The predicted molar refractivity (Wildman–Crippen MR) is 79.6 cm³/mol. The van der Waals surface area contributed by atoms with E-state index in [1.807, 2.05) is 22.8 Å². The molecule has 2 aromatic heterocycles. The summed E-state index contributed by atoms with van der Waals surface area (Å²) < 4.78 is 1.84. The average molecular weight is 282 g/mol. The molecule has 20 heavy (non-hydrogen) atoms. The van der Waals surface area contributed by atoms with Gasteiger partial charge >= 0.3 is 0 Å². The molecular formula is C15H14N4S. The molecule has 1 aromatic carbocycles. The van der Waals surface area contributed by atoms with Crippen molar-refractivity contribution < 1.29 is 0 Å². The monoisotopic (exact) mass is 282 g/mol. The molecule has 0 N–H and O–H groups in total. The topological polar surface area (TPSA) is 54.0 Å². The Morgan fingerprint density at radius 3 is 2.65 bits per heavy atom. The second kappa shape index (κ2) is 5.06.